The topological polar surface area (TPSA) is 21.3 Å². The summed E-state index contributed by atoms with van der Waals surface area (Å²) in [5.41, 5.74) is 0.858. The number of nitrogens with one attached hydrogen (secondary N) is 1. The predicted molar refractivity (Wildman–Crippen MR) is 76.7 cm³/mol. The molecule has 6 heteroatoms. The van der Waals surface area contributed by atoms with Gasteiger partial charge in [0.2, 0.25) is 0 Å². The fraction of sp³-hybridized carbons (Fsp3) is 0.571. The SMILES string of the molecule is CCNC(CCOCC(F)F)Cc1cc(F)cc(Br)c1. The first-order chi connectivity index (χ1) is 9.51. The van der Waals surface area contributed by atoms with E-state index in [4.69, 9.17) is 4.74 Å². The highest BCUT2D eigenvalue weighted by Gasteiger charge is 2.11. The van der Waals surface area contributed by atoms with Crippen LogP contribution in [-0.2, 0) is 11.2 Å². The zero-order chi connectivity index (χ0) is 15.0. The lowest BCUT2D eigenvalue weighted by atomic mass is 10.0. The maximum absolute atomic E-state index is 13.3. The quantitative estimate of drug-likeness (QED) is 0.682. The van der Waals surface area contributed by atoms with Crippen LogP contribution in [0.4, 0.5) is 13.2 Å². The molecule has 0 aromatic heterocycles. The molecule has 0 saturated heterocycles. The summed E-state index contributed by atoms with van der Waals surface area (Å²) in [5.74, 6) is -0.293. The van der Waals surface area contributed by atoms with Crippen LogP contribution >= 0.6 is 15.9 Å². The summed E-state index contributed by atoms with van der Waals surface area (Å²) in [7, 11) is 0. The normalized spacial score (nSPS) is 12.9. The lowest BCUT2D eigenvalue weighted by Crippen LogP contribution is -2.32. The second-order valence-corrected chi connectivity index (χ2v) is 5.41. The van der Waals surface area contributed by atoms with E-state index in [9.17, 15) is 13.2 Å². The van der Waals surface area contributed by atoms with Crippen LogP contribution in [0.15, 0.2) is 22.7 Å². The molecule has 1 aromatic rings. The third-order valence-electron chi connectivity index (χ3n) is 2.75. The third kappa shape index (κ3) is 7.26. The Morgan fingerprint density at radius 2 is 2.05 bits per heavy atom. The molecule has 0 bridgehead atoms. The monoisotopic (exact) mass is 353 g/mol. The van der Waals surface area contributed by atoms with Gasteiger partial charge in [0.05, 0.1) is 0 Å². The van der Waals surface area contributed by atoms with Crippen molar-refractivity contribution < 1.29 is 17.9 Å². The van der Waals surface area contributed by atoms with E-state index in [2.05, 4.69) is 21.2 Å². The van der Waals surface area contributed by atoms with Crippen LogP contribution in [0.5, 0.6) is 0 Å². The number of rotatable bonds is 9. The van der Waals surface area contributed by atoms with Crippen LogP contribution in [0.25, 0.3) is 0 Å². The molecule has 0 aliphatic heterocycles. The Morgan fingerprint density at radius 1 is 1.30 bits per heavy atom. The Morgan fingerprint density at radius 3 is 2.65 bits per heavy atom. The van der Waals surface area contributed by atoms with Crippen molar-refractivity contribution in [3.05, 3.63) is 34.1 Å². The second-order valence-electron chi connectivity index (χ2n) is 4.49. The summed E-state index contributed by atoms with van der Waals surface area (Å²) in [4.78, 5) is 0. The van der Waals surface area contributed by atoms with Gasteiger partial charge >= 0.3 is 0 Å². The number of hydrogen-bond donors (Lipinski definition) is 1. The summed E-state index contributed by atoms with van der Waals surface area (Å²) in [6.45, 7) is 2.45. The van der Waals surface area contributed by atoms with Gasteiger partial charge in [0.15, 0.2) is 0 Å². The van der Waals surface area contributed by atoms with Gasteiger partial charge in [-0.3, -0.25) is 0 Å². The molecular weight excluding hydrogens is 335 g/mol. The first-order valence-electron chi connectivity index (χ1n) is 6.55. The maximum atomic E-state index is 13.3. The van der Waals surface area contributed by atoms with Crippen molar-refractivity contribution in [3.63, 3.8) is 0 Å². The van der Waals surface area contributed by atoms with Gasteiger partial charge < -0.3 is 10.1 Å². The minimum atomic E-state index is -2.44. The third-order valence-corrected chi connectivity index (χ3v) is 3.21. The van der Waals surface area contributed by atoms with E-state index in [0.29, 0.717) is 17.3 Å². The number of hydrogen-bond acceptors (Lipinski definition) is 2. The van der Waals surface area contributed by atoms with Crippen molar-refractivity contribution in [1.29, 1.82) is 0 Å². The maximum Gasteiger partial charge on any atom is 0.261 e. The molecule has 0 spiro atoms. The summed E-state index contributed by atoms with van der Waals surface area (Å²) in [6, 6.07) is 4.81. The van der Waals surface area contributed by atoms with E-state index < -0.39 is 13.0 Å². The highest BCUT2D eigenvalue weighted by molar-refractivity contribution is 9.10. The number of benzene rings is 1. The molecule has 0 radical (unpaired) electrons. The largest absolute Gasteiger partial charge is 0.375 e. The van der Waals surface area contributed by atoms with Gasteiger partial charge in [-0.1, -0.05) is 22.9 Å². The average Bonchev–Trinajstić information content (AvgIpc) is 2.33. The lowest BCUT2D eigenvalue weighted by Gasteiger charge is -2.18. The molecule has 0 fully saturated rings. The van der Waals surface area contributed by atoms with E-state index in [1.165, 1.54) is 12.1 Å². The number of likely N-dealkylation sites (N-methyl/N-ethyl adjacent to an activating group) is 1. The highest BCUT2D eigenvalue weighted by Crippen LogP contribution is 2.17. The Balaban J connectivity index is 2.48. The Kier molecular flexibility index (Phi) is 8.18. The summed E-state index contributed by atoms with van der Waals surface area (Å²) >= 11 is 3.25. The molecule has 0 heterocycles. The van der Waals surface area contributed by atoms with E-state index in [-0.39, 0.29) is 18.5 Å². The van der Waals surface area contributed by atoms with E-state index >= 15 is 0 Å². The smallest absolute Gasteiger partial charge is 0.261 e. The summed E-state index contributed by atoms with van der Waals surface area (Å²) in [5, 5.41) is 3.25. The molecule has 0 aliphatic carbocycles. The molecule has 1 rings (SSSR count). The van der Waals surface area contributed by atoms with Crippen LogP contribution in [0.2, 0.25) is 0 Å². The van der Waals surface area contributed by atoms with Crippen molar-refractivity contribution in [2.75, 3.05) is 19.8 Å². The minimum Gasteiger partial charge on any atom is -0.375 e. The molecular formula is C14H19BrF3NO. The van der Waals surface area contributed by atoms with Crippen molar-refractivity contribution in [1.82, 2.24) is 5.32 Å². The first kappa shape index (κ1) is 17.5. The molecule has 1 aromatic carbocycles. The van der Waals surface area contributed by atoms with E-state index in [1.807, 2.05) is 13.0 Å². The fourth-order valence-corrected chi connectivity index (χ4v) is 2.49. The van der Waals surface area contributed by atoms with Gasteiger partial charge in [0.1, 0.15) is 12.4 Å². The highest BCUT2D eigenvalue weighted by atomic mass is 79.9. The number of ether oxygens (including phenoxy) is 1. The zero-order valence-electron chi connectivity index (χ0n) is 11.3. The lowest BCUT2D eigenvalue weighted by molar-refractivity contribution is 0.0144. The average molecular weight is 354 g/mol. The van der Waals surface area contributed by atoms with Crippen molar-refractivity contribution in [2.45, 2.75) is 32.2 Å². The standard InChI is InChI=1S/C14H19BrF3NO/c1-2-19-13(3-4-20-9-14(17)18)7-10-5-11(15)8-12(16)6-10/h5-6,8,13-14,19H,2-4,7,9H2,1H3. The summed E-state index contributed by atoms with van der Waals surface area (Å²) in [6.07, 6.45) is -1.21. The van der Waals surface area contributed by atoms with Gasteiger partial charge in [0.25, 0.3) is 6.43 Å². The molecule has 1 atom stereocenters. The molecule has 20 heavy (non-hydrogen) atoms. The molecule has 0 amide bonds. The first-order valence-corrected chi connectivity index (χ1v) is 7.34. The Bertz CT molecular complexity index is 384. The van der Waals surface area contributed by atoms with Gasteiger partial charge in [-0.2, -0.15) is 0 Å². The zero-order valence-corrected chi connectivity index (χ0v) is 12.9. The van der Waals surface area contributed by atoms with Crippen molar-refractivity contribution in [2.24, 2.45) is 0 Å². The van der Waals surface area contributed by atoms with Crippen LogP contribution in [0.3, 0.4) is 0 Å². The molecule has 1 unspecified atom stereocenters. The Hall–Kier alpha value is -0.590. The summed E-state index contributed by atoms with van der Waals surface area (Å²) < 4.78 is 42.8. The molecule has 2 nitrogen and oxygen atoms in total. The van der Waals surface area contributed by atoms with Crippen LogP contribution < -0.4 is 5.32 Å². The van der Waals surface area contributed by atoms with Gasteiger partial charge in [-0.05, 0) is 43.1 Å². The molecule has 0 aliphatic rings. The van der Waals surface area contributed by atoms with Crippen LogP contribution in [-0.4, -0.2) is 32.2 Å². The molecule has 0 saturated carbocycles. The minimum absolute atomic E-state index is 0.0753. The van der Waals surface area contributed by atoms with E-state index in [0.717, 1.165) is 12.1 Å². The predicted octanol–water partition coefficient (Wildman–Crippen LogP) is 3.78. The van der Waals surface area contributed by atoms with E-state index in [1.54, 1.807) is 0 Å². The van der Waals surface area contributed by atoms with Crippen LogP contribution in [0.1, 0.15) is 18.9 Å². The van der Waals surface area contributed by atoms with Gasteiger partial charge in [-0.15, -0.1) is 0 Å². The number of halogens is 4. The Labute approximate surface area is 125 Å². The van der Waals surface area contributed by atoms with Gasteiger partial charge in [0, 0.05) is 17.1 Å². The molecule has 1 N–H and O–H groups in total. The van der Waals surface area contributed by atoms with Crippen molar-refractivity contribution >= 4 is 15.9 Å². The van der Waals surface area contributed by atoms with Gasteiger partial charge in [-0.25, -0.2) is 13.2 Å². The van der Waals surface area contributed by atoms with Crippen molar-refractivity contribution in [3.8, 4) is 0 Å². The fourth-order valence-electron chi connectivity index (χ4n) is 1.98. The number of alkyl halides is 2. The second kappa shape index (κ2) is 9.37. The molecule has 114 valence electrons. The van der Waals surface area contributed by atoms with Crippen LogP contribution in [0, 0.1) is 5.82 Å².